The standard InChI is InChI=1S/C20H28FN5OS.HI/c1-15-25-18(14-28-15)7-8-23-20(22-2)24-13-19(26-9-11-27-12-10-26)16-3-5-17(21)6-4-16;/h3-6,14,19H,7-13H2,1-2H3,(H2,22,23,24);1H. The second-order valence-electron chi connectivity index (χ2n) is 6.70. The molecule has 2 aromatic rings. The largest absolute Gasteiger partial charge is 0.379 e. The Balaban J connectivity index is 0.00000300. The van der Waals surface area contributed by atoms with Crippen molar-refractivity contribution in [1.82, 2.24) is 20.5 Å². The van der Waals surface area contributed by atoms with Gasteiger partial charge in [0.25, 0.3) is 0 Å². The molecular formula is C20H29FIN5OS. The zero-order valence-electron chi connectivity index (χ0n) is 16.9. The van der Waals surface area contributed by atoms with Crippen molar-refractivity contribution in [2.45, 2.75) is 19.4 Å². The summed E-state index contributed by atoms with van der Waals surface area (Å²) in [6, 6.07) is 6.89. The molecule has 1 saturated heterocycles. The Morgan fingerprint density at radius 3 is 2.62 bits per heavy atom. The van der Waals surface area contributed by atoms with Crippen LogP contribution in [-0.2, 0) is 11.2 Å². The maximum Gasteiger partial charge on any atom is 0.191 e. The van der Waals surface area contributed by atoms with Crippen LogP contribution in [0.4, 0.5) is 4.39 Å². The fraction of sp³-hybridized carbons (Fsp3) is 0.500. The second kappa shape index (κ2) is 12.4. The van der Waals surface area contributed by atoms with Crippen LogP contribution in [-0.4, -0.2) is 62.3 Å². The Kier molecular flexibility index (Phi) is 10.3. The van der Waals surface area contributed by atoms with Crippen LogP contribution in [0.5, 0.6) is 0 Å². The summed E-state index contributed by atoms with van der Waals surface area (Å²) in [6.45, 7) is 6.62. The van der Waals surface area contributed by atoms with Crippen molar-refractivity contribution in [3.63, 3.8) is 0 Å². The zero-order chi connectivity index (χ0) is 19.8. The van der Waals surface area contributed by atoms with Gasteiger partial charge in [0.1, 0.15) is 5.82 Å². The van der Waals surface area contributed by atoms with Crippen LogP contribution in [0.1, 0.15) is 22.3 Å². The molecule has 0 bridgehead atoms. The van der Waals surface area contributed by atoms with Crippen LogP contribution < -0.4 is 10.6 Å². The summed E-state index contributed by atoms with van der Waals surface area (Å²) >= 11 is 1.67. The Labute approximate surface area is 193 Å². The third kappa shape index (κ3) is 7.47. The first-order valence-corrected chi connectivity index (χ1v) is 10.5. The van der Waals surface area contributed by atoms with Gasteiger partial charge in [0.2, 0.25) is 0 Å². The summed E-state index contributed by atoms with van der Waals surface area (Å²) in [5.74, 6) is 0.541. The average Bonchev–Trinajstić information content (AvgIpc) is 3.14. The highest BCUT2D eigenvalue weighted by atomic mass is 127. The molecule has 160 valence electrons. The molecule has 9 heteroatoms. The Bertz CT molecular complexity index is 764. The van der Waals surface area contributed by atoms with Gasteiger partial charge in [-0.15, -0.1) is 35.3 Å². The minimum atomic E-state index is -0.216. The first-order valence-electron chi connectivity index (χ1n) is 9.58. The molecule has 0 spiro atoms. The van der Waals surface area contributed by atoms with Crippen LogP contribution >= 0.6 is 35.3 Å². The van der Waals surface area contributed by atoms with Crippen LogP contribution in [0.3, 0.4) is 0 Å². The first kappa shape index (κ1) is 24.0. The molecule has 0 aliphatic carbocycles. The number of ether oxygens (including phenoxy) is 1. The number of halogens is 2. The van der Waals surface area contributed by atoms with Gasteiger partial charge in [-0.3, -0.25) is 9.89 Å². The molecular weight excluding hydrogens is 504 g/mol. The number of hydrogen-bond donors (Lipinski definition) is 2. The number of hydrogen-bond acceptors (Lipinski definition) is 5. The van der Waals surface area contributed by atoms with E-state index in [2.05, 4.69) is 30.9 Å². The molecule has 1 aliphatic rings. The number of nitrogens with one attached hydrogen (secondary N) is 2. The predicted octanol–water partition coefficient (Wildman–Crippen LogP) is 2.99. The number of aliphatic imine (C=N–C) groups is 1. The van der Waals surface area contributed by atoms with Crippen LogP contribution in [0.15, 0.2) is 34.6 Å². The molecule has 1 fully saturated rings. The Morgan fingerprint density at radius 2 is 2.00 bits per heavy atom. The van der Waals surface area contributed by atoms with Crippen molar-refractivity contribution < 1.29 is 9.13 Å². The summed E-state index contributed by atoms with van der Waals surface area (Å²) < 4.78 is 18.8. The van der Waals surface area contributed by atoms with E-state index in [4.69, 9.17) is 4.74 Å². The van der Waals surface area contributed by atoms with Crippen molar-refractivity contribution >= 4 is 41.3 Å². The highest BCUT2D eigenvalue weighted by molar-refractivity contribution is 14.0. The number of guanidine groups is 1. The van der Waals surface area contributed by atoms with Crippen molar-refractivity contribution in [2.75, 3.05) is 46.4 Å². The molecule has 1 atom stereocenters. The molecule has 2 heterocycles. The summed E-state index contributed by atoms with van der Waals surface area (Å²) in [6.07, 6.45) is 0.857. The molecule has 0 amide bonds. The summed E-state index contributed by atoms with van der Waals surface area (Å²) in [4.78, 5) is 11.2. The number of morpholine rings is 1. The number of rotatable bonds is 7. The molecule has 1 unspecified atom stereocenters. The smallest absolute Gasteiger partial charge is 0.191 e. The molecule has 2 N–H and O–H groups in total. The molecule has 1 aromatic carbocycles. The number of benzene rings is 1. The minimum Gasteiger partial charge on any atom is -0.379 e. The lowest BCUT2D eigenvalue weighted by molar-refractivity contribution is 0.0170. The number of nitrogens with zero attached hydrogens (tertiary/aromatic N) is 3. The molecule has 0 saturated carbocycles. The maximum absolute atomic E-state index is 13.4. The maximum atomic E-state index is 13.4. The van der Waals surface area contributed by atoms with Gasteiger partial charge in [-0.1, -0.05) is 12.1 Å². The predicted molar refractivity (Wildman–Crippen MR) is 127 cm³/mol. The number of aryl methyl sites for hydroxylation is 1. The fourth-order valence-electron chi connectivity index (χ4n) is 3.28. The summed E-state index contributed by atoms with van der Waals surface area (Å²) in [7, 11) is 1.77. The van der Waals surface area contributed by atoms with E-state index in [1.54, 1.807) is 18.4 Å². The van der Waals surface area contributed by atoms with E-state index in [-0.39, 0.29) is 35.8 Å². The number of aromatic nitrogens is 1. The minimum absolute atomic E-state index is 0. The van der Waals surface area contributed by atoms with E-state index >= 15 is 0 Å². The summed E-state index contributed by atoms with van der Waals surface area (Å²) in [5, 5.41) is 9.94. The highest BCUT2D eigenvalue weighted by Crippen LogP contribution is 2.21. The van der Waals surface area contributed by atoms with E-state index in [1.807, 2.05) is 19.1 Å². The molecule has 1 aliphatic heterocycles. The summed E-state index contributed by atoms with van der Waals surface area (Å²) in [5.41, 5.74) is 2.19. The Hall–Kier alpha value is -1.30. The van der Waals surface area contributed by atoms with Gasteiger partial charge >= 0.3 is 0 Å². The van der Waals surface area contributed by atoms with Crippen molar-refractivity contribution in [2.24, 2.45) is 4.99 Å². The van der Waals surface area contributed by atoms with Crippen LogP contribution in [0.2, 0.25) is 0 Å². The van der Waals surface area contributed by atoms with Gasteiger partial charge in [-0.05, 0) is 24.6 Å². The van der Waals surface area contributed by atoms with Gasteiger partial charge < -0.3 is 15.4 Å². The molecule has 6 nitrogen and oxygen atoms in total. The molecule has 3 rings (SSSR count). The van der Waals surface area contributed by atoms with E-state index in [9.17, 15) is 4.39 Å². The van der Waals surface area contributed by atoms with Gasteiger partial charge in [-0.2, -0.15) is 0 Å². The lowest BCUT2D eigenvalue weighted by Crippen LogP contribution is -2.46. The SMILES string of the molecule is CN=C(NCCc1csc(C)n1)NCC(c1ccc(F)cc1)N1CCOCC1.I. The van der Waals surface area contributed by atoms with Gasteiger partial charge in [0.05, 0.1) is 30.0 Å². The third-order valence-electron chi connectivity index (χ3n) is 4.77. The second-order valence-corrected chi connectivity index (χ2v) is 7.77. The van der Waals surface area contributed by atoms with Gasteiger partial charge in [0.15, 0.2) is 5.96 Å². The highest BCUT2D eigenvalue weighted by Gasteiger charge is 2.23. The quantitative estimate of drug-likeness (QED) is 0.326. The number of thiazole rings is 1. The van der Waals surface area contributed by atoms with E-state index < -0.39 is 0 Å². The lowest BCUT2D eigenvalue weighted by Gasteiger charge is -2.35. The van der Waals surface area contributed by atoms with Crippen LogP contribution in [0, 0.1) is 12.7 Å². The molecule has 0 radical (unpaired) electrons. The van der Waals surface area contributed by atoms with E-state index in [0.29, 0.717) is 6.54 Å². The molecule has 29 heavy (non-hydrogen) atoms. The zero-order valence-corrected chi connectivity index (χ0v) is 20.0. The van der Waals surface area contributed by atoms with Gasteiger partial charge in [0, 0.05) is 45.0 Å². The Morgan fingerprint density at radius 1 is 1.28 bits per heavy atom. The van der Waals surface area contributed by atoms with E-state index in [0.717, 1.165) is 61.5 Å². The monoisotopic (exact) mass is 533 g/mol. The van der Waals surface area contributed by atoms with Crippen molar-refractivity contribution in [1.29, 1.82) is 0 Å². The third-order valence-corrected chi connectivity index (χ3v) is 5.59. The average molecular weight is 533 g/mol. The fourth-order valence-corrected chi connectivity index (χ4v) is 3.92. The first-order chi connectivity index (χ1) is 13.7. The molecule has 1 aromatic heterocycles. The van der Waals surface area contributed by atoms with Crippen molar-refractivity contribution in [3.05, 3.63) is 51.7 Å². The lowest BCUT2D eigenvalue weighted by atomic mass is 10.0. The van der Waals surface area contributed by atoms with Crippen LogP contribution in [0.25, 0.3) is 0 Å². The van der Waals surface area contributed by atoms with E-state index in [1.165, 1.54) is 12.1 Å². The van der Waals surface area contributed by atoms with Gasteiger partial charge in [-0.25, -0.2) is 9.37 Å². The normalized spacial score (nSPS) is 16.2. The van der Waals surface area contributed by atoms with Crippen molar-refractivity contribution in [3.8, 4) is 0 Å². The topological polar surface area (TPSA) is 61.8 Å².